The van der Waals surface area contributed by atoms with Crippen molar-refractivity contribution in [1.29, 1.82) is 0 Å². The quantitative estimate of drug-likeness (QED) is 0.427. The van der Waals surface area contributed by atoms with E-state index < -0.39 is 21.3 Å². The van der Waals surface area contributed by atoms with Crippen molar-refractivity contribution in [3.05, 3.63) is 59.7 Å². The lowest BCUT2D eigenvalue weighted by atomic mass is 9.83. The summed E-state index contributed by atoms with van der Waals surface area (Å²) in [4.78, 5) is 27.6. The van der Waals surface area contributed by atoms with E-state index >= 15 is 0 Å². The Balaban J connectivity index is 1.30. The van der Waals surface area contributed by atoms with E-state index in [0.29, 0.717) is 55.2 Å². The molecule has 206 valence electrons. The van der Waals surface area contributed by atoms with Crippen molar-refractivity contribution in [2.24, 2.45) is 11.7 Å². The molecule has 2 fully saturated rings. The van der Waals surface area contributed by atoms with Gasteiger partial charge in [-0.05, 0) is 100 Å². The number of nitrogens with one attached hydrogen (secondary N) is 2. The van der Waals surface area contributed by atoms with Crippen molar-refractivity contribution in [3.63, 3.8) is 0 Å². The third-order valence-corrected chi connectivity index (χ3v) is 9.89. The van der Waals surface area contributed by atoms with Gasteiger partial charge >= 0.3 is 0 Å². The van der Waals surface area contributed by atoms with Crippen molar-refractivity contribution >= 4 is 33.2 Å². The summed E-state index contributed by atoms with van der Waals surface area (Å²) >= 11 is 0. The molecule has 2 aromatic carbocycles. The van der Waals surface area contributed by atoms with E-state index in [1.165, 1.54) is 0 Å². The lowest BCUT2D eigenvalue weighted by Gasteiger charge is -2.35. The molecule has 8 nitrogen and oxygen atoms in total. The first-order valence-corrected chi connectivity index (χ1v) is 15.3. The summed E-state index contributed by atoms with van der Waals surface area (Å²) in [5, 5.41) is 2.31. The summed E-state index contributed by atoms with van der Waals surface area (Å²) in [6, 6.07) is 13.7. The van der Waals surface area contributed by atoms with Gasteiger partial charge in [0, 0.05) is 29.5 Å². The predicted octanol–water partition coefficient (Wildman–Crippen LogP) is 4.67. The van der Waals surface area contributed by atoms with Crippen LogP contribution in [0.1, 0.15) is 74.2 Å². The number of carbonyl (C=O) groups is 2. The first-order chi connectivity index (χ1) is 18.2. The van der Waals surface area contributed by atoms with Gasteiger partial charge in [-0.3, -0.25) is 14.3 Å². The number of amides is 2. The second-order valence-electron chi connectivity index (χ2n) is 10.7. The second-order valence-corrected chi connectivity index (χ2v) is 12.6. The highest BCUT2D eigenvalue weighted by atomic mass is 32.2. The molecule has 2 aromatic rings. The Bertz CT molecular complexity index is 1220. The molecule has 4 N–H and O–H groups in total. The topological polar surface area (TPSA) is 122 Å². The summed E-state index contributed by atoms with van der Waals surface area (Å²) in [5.74, 6) is -0.255. The lowest BCUT2D eigenvalue weighted by molar-refractivity contribution is -0.136. The van der Waals surface area contributed by atoms with Crippen molar-refractivity contribution in [1.82, 2.24) is 4.90 Å². The van der Waals surface area contributed by atoms with E-state index in [1.54, 1.807) is 24.3 Å². The molecule has 9 heteroatoms. The van der Waals surface area contributed by atoms with Crippen LogP contribution in [0.5, 0.6) is 0 Å². The van der Waals surface area contributed by atoms with Gasteiger partial charge in [0.05, 0.1) is 11.3 Å². The fraction of sp³-hybridized carbons (Fsp3) is 0.517. The molecule has 4 rings (SSSR count). The van der Waals surface area contributed by atoms with Crippen molar-refractivity contribution in [2.45, 2.75) is 82.5 Å². The highest BCUT2D eigenvalue weighted by molar-refractivity contribution is 7.93. The summed E-state index contributed by atoms with van der Waals surface area (Å²) < 4.78 is 28.9. The molecule has 2 saturated carbocycles. The number of nitrogens with two attached hydrogens (primary N) is 1. The van der Waals surface area contributed by atoms with Crippen LogP contribution in [-0.2, 0) is 14.8 Å². The molecule has 2 aliphatic rings. The first kappa shape index (κ1) is 28.1. The number of hydrogen-bond acceptors (Lipinski definition) is 5. The zero-order valence-corrected chi connectivity index (χ0v) is 23.2. The summed E-state index contributed by atoms with van der Waals surface area (Å²) in [5.41, 5.74) is 9.02. The molecule has 38 heavy (non-hydrogen) atoms. The molecule has 0 aliphatic heterocycles. The van der Waals surface area contributed by atoms with Gasteiger partial charge in [-0.2, -0.15) is 0 Å². The maximum absolute atomic E-state index is 13.1. The predicted molar refractivity (Wildman–Crippen MR) is 151 cm³/mol. The van der Waals surface area contributed by atoms with Gasteiger partial charge in [0.25, 0.3) is 5.91 Å². The number of anilines is 2. The van der Waals surface area contributed by atoms with Crippen LogP contribution >= 0.6 is 0 Å². The van der Waals surface area contributed by atoms with Crippen LogP contribution in [0, 0.1) is 12.8 Å². The number of sulfonamides is 1. The zero-order valence-electron chi connectivity index (χ0n) is 22.4. The van der Waals surface area contributed by atoms with E-state index in [0.717, 1.165) is 31.2 Å². The summed E-state index contributed by atoms with van der Waals surface area (Å²) in [6.07, 6.45) is 6.55. The average Bonchev–Trinajstić information content (AvgIpc) is 3.43. The fourth-order valence-electron chi connectivity index (χ4n) is 5.82. The van der Waals surface area contributed by atoms with Crippen LogP contribution < -0.4 is 15.8 Å². The maximum Gasteiger partial charge on any atom is 0.255 e. The fourth-order valence-corrected chi connectivity index (χ4v) is 7.35. The van der Waals surface area contributed by atoms with Crippen molar-refractivity contribution in [2.75, 3.05) is 16.6 Å². The van der Waals surface area contributed by atoms with E-state index in [4.69, 9.17) is 5.73 Å². The molecular weight excluding hydrogens is 500 g/mol. The van der Waals surface area contributed by atoms with Crippen LogP contribution in [0.15, 0.2) is 48.5 Å². The Morgan fingerprint density at radius 1 is 0.974 bits per heavy atom. The van der Waals surface area contributed by atoms with Gasteiger partial charge in [0.15, 0.2) is 0 Å². The Morgan fingerprint density at radius 3 is 2.24 bits per heavy atom. The number of aryl methyl sites for hydroxylation is 1. The normalized spacial score (nSPS) is 21.0. The van der Waals surface area contributed by atoms with Crippen LogP contribution in [-0.4, -0.2) is 49.0 Å². The van der Waals surface area contributed by atoms with E-state index in [9.17, 15) is 18.0 Å². The van der Waals surface area contributed by atoms with Gasteiger partial charge in [-0.15, -0.1) is 0 Å². The largest absolute Gasteiger partial charge is 0.339 e. The average molecular weight is 541 g/mol. The molecular formula is C29H40N4O4S. The number of nitrogens with zero attached hydrogens (tertiary/aromatic N) is 1. The number of benzene rings is 2. The number of likely N-dealkylation sites (N-methyl/N-ethyl adjacent to an activating group) is 1. The molecule has 1 unspecified atom stereocenters. The van der Waals surface area contributed by atoms with Crippen LogP contribution in [0.3, 0.4) is 0 Å². The molecule has 0 radical (unpaired) electrons. The molecule has 0 spiro atoms. The highest BCUT2D eigenvalue weighted by Gasteiger charge is 2.37. The van der Waals surface area contributed by atoms with Crippen molar-refractivity contribution < 1.29 is 18.0 Å². The van der Waals surface area contributed by atoms with E-state index in [2.05, 4.69) is 10.0 Å². The van der Waals surface area contributed by atoms with Gasteiger partial charge in [-0.1, -0.05) is 25.0 Å². The van der Waals surface area contributed by atoms with Crippen LogP contribution in [0.25, 0.3) is 0 Å². The molecule has 0 saturated heterocycles. The highest BCUT2D eigenvalue weighted by Crippen LogP contribution is 2.32. The monoisotopic (exact) mass is 540 g/mol. The van der Waals surface area contributed by atoms with E-state index in [-0.39, 0.29) is 17.7 Å². The van der Waals surface area contributed by atoms with Gasteiger partial charge in [0.2, 0.25) is 15.9 Å². The number of hydrogen-bond donors (Lipinski definition) is 3. The minimum atomic E-state index is -3.61. The second kappa shape index (κ2) is 12.3. The lowest BCUT2D eigenvalue weighted by Crippen LogP contribution is -2.51. The van der Waals surface area contributed by atoms with Gasteiger partial charge in [-0.25, -0.2) is 8.42 Å². The van der Waals surface area contributed by atoms with Gasteiger partial charge < -0.3 is 16.0 Å². The number of rotatable bonds is 9. The Morgan fingerprint density at radius 2 is 1.63 bits per heavy atom. The molecule has 2 aliphatic carbocycles. The molecule has 1 atom stereocenters. The molecule has 0 aromatic heterocycles. The minimum absolute atomic E-state index is 0.00407. The minimum Gasteiger partial charge on any atom is -0.339 e. The van der Waals surface area contributed by atoms with Crippen molar-refractivity contribution in [3.8, 4) is 0 Å². The summed E-state index contributed by atoms with van der Waals surface area (Å²) in [6.45, 7) is 4.62. The molecule has 2 amide bonds. The smallest absolute Gasteiger partial charge is 0.255 e. The molecule has 0 heterocycles. The number of carbonyl (C=O) groups excluding carboxylic acids is 2. The Labute approximate surface area is 226 Å². The first-order valence-electron chi connectivity index (χ1n) is 13.7. The third kappa shape index (κ3) is 6.74. The summed E-state index contributed by atoms with van der Waals surface area (Å²) in [7, 11) is -3.61. The SMILES string of the molecule is CCN(C(=O)C(N)C1CCC(S(=O)(=O)Nc2ccc(C(=O)Nc3cccc(C)c3)cc2)CC1)C1CCCC1. The standard InChI is InChI=1S/C29H40N4O4S/c1-3-33(25-9-4-5-10-25)29(35)27(30)21-13-17-26(18-14-21)38(36,37)32-23-15-11-22(12-16-23)28(34)31-24-8-6-7-20(2)19-24/h6-8,11-12,15-16,19,21,25-27,32H,3-5,9-10,13-14,17-18,30H2,1-2H3,(H,31,34). The Hall–Kier alpha value is -2.91. The van der Waals surface area contributed by atoms with Gasteiger partial charge in [0.1, 0.15) is 0 Å². The maximum atomic E-state index is 13.1. The van der Waals surface area contributed by atoms with Crippen LogP contribution in [0.2, 0.25) is 0 Å². The Kier molecular flexibility index (Phi) is 9.10. The molecule has 0 bridgehead atoms. The van der Waals surface area contributed by atoms with Crippen LogP contribution in [0.4, 0.5) is 11.4 Å². The zero-order chi connectivity index (χ0) is 27.3. The van der Waals surface area contributed by atoms with E-state index in [1.807, 2.05) is 43.0 Å². The third-order valence-electron chi connectivity index (χ3n) is 8.02.